The molecule has 0 aliphatic heterocycles. The second-order valence-corrected chi connectivity index (χ2v) is 8.96. The summed E-state index contributed by atoms with van der Waals surface area (Å²) in [5.41, 5.74) is 1.50. The predicted octanol–water partition coefficient (Wildman–Crippen LogP) is 1.92. The second kappa shape index (κ2) is 9.80. The number of rotatable bonds is 9. The van der Waals surface area contributed by atoms with Crippen molar-refractivity contribution in [2.24, 2.45) is 0 Å². The number of aromatic nitrogens is 3. The molecular formula is C19H20N6O5S2. The van der Waals surface area contributed by atoms with Crippen molar-refractivity contribution in [2.75, 3.05) is 13.1 Å². The van der Waals surface area contributed by atoms with Crippen molar-refractivity contribution in [2.45, 2.75) is 18.4 Å². The Kier molecular flexibility index (Phi) is 7.12. The molecule has 3 N–H and O–H groups in total. The monoisotopic (exact) mass is 476 g/mol. The molecule has 0 atom stereocenters. The van der Waals surface area contributed by atoms with E-state index in [1.165, 1.54) is 18.2 Å². The van der Waals surface area contributed by atoms with Gasteiger partial charge in [-0.1, -0.05) is 29.8 Å². The Labute approximate surface area is 188 Å². The molecule has 13 heteroatoms. The maximum absolute atomic E-state index is 12.4. The van der Waals surface area contributed by atoms with Gasteiger partial charge in [0.2, 0.25) is 15.9 Å². The van der Waals surface area contributed by atoms with Crippen LogP contribution in [0.5, 0.6) is 0 Å². The lowest BCUT2D eigenvalue weighted by molar-refractivity contribution is -0.385. The summed E-state index contributed by atoms with van der Waals surface area (Å²) in [5.74, 6) is 0.131. The molecule has 0 aliphatic rings. The molecule has 3 rings (SSSR count). The van der Waals surface area contributed by atoms with Crippen LogP contribution in [-0.4, -0.2) is 47.1 Å². The molecule has 0 saturated carbocycles. The molecular weight excluding hydrogens is 456 g/mol. The van der Waals surface area contributed by atoms with Crippen LogP contribution in [0, 0.1) is 21.8 Å². The minimum absolute atomic E-state index is 0.0118. The molecule has 0 fully saturated rings. The fraction of sp³-hybridized carbons (Fsp3) is 0.211. The van der Waals surface area contributed by atoms with Crippen LogP contribution in [0.25, 0.3) is 11.4 Å². The van der Waals surface area contributed by atoms with Crippen LogP contribution in [0.4, 0.5) is 5.69 Å². The average Bonchev–Trinajstić information content (AvgIpc) is 3.11. The van der Waals surface area contributed by atoms with Gasteiger partial charge in [0.25, 0.3) is 5.69 Å². The van der Waals surface area contributed by atoms with Crippen LogP contribution in [0.1, 0.15) is 5.56 Å². The van der Waals surface area contributed by atoms with Gasteiger partial charge in [-0.05, 0) is 31.3 Å². The Bertz CT molecular complexity index is 1320. The van der Waals surface area contributed by atoms with Crippen LogP contribution in [0.3, 0.4) is 0 Å². The lowest BCUT2D eigenvalue weighted by Gasteiger charge is -2.10. The minimum Gasteiger partial charge on any atom is -0.353 e. The highest BCUT2D eigenvalue weighted by atomic mass is 32.2. The van der Waals surface area contributed by atoms with Gasteiger partial charge in [0.05, 0.1) is 9.82 Å². The molecule has 168 valence electrons. The van der Waals surface area contributed by atoms with E-state index in [4.69, 9.17) is 12.2 Å². The molecule has 1 amide bonds. The fourth-order valence-corrected chi connectivity index (χ4v) is 4.17. The zero-order valence-electron chi connectivity index (χ0n) is 16.9. The lowest BCUT2D eigenvalue weighted by atomic mass is 10.1. The Morgan fingerprint density at radius 1 is 1.22 bits per heavy atom. The molecule has 1 heterocycles. The van der Waals surface area contributed by atoms with Crippen LogP contribution in [0.2, 0.25) is 0 Å². The first-order chi connectivity index (χ1) is 15.2. The number of H-pyrrole nitrogens is 1. The summed E-state index contributed by atoms with van der Waals surface area (Å²) < 4.78 is 28.7. The van der Waals surface area contributed by atoms with Crippen LogP contribution >= 0.6 is 12.2 Å². The van der Waals surface area contributed by atoms with E-state index in [-0.39, 0.29) is 40.9 Å². The number of aromatic amines is 1. The standard InChI is InChI=1S/C19H20N6O5S2/c1-13-4-2-5-14(10-13)18-22-23-19(31)24(18)12-17(26)20-8-9-21-32(29,30)16-7-3-6-15(11-16)25(27)28/h2-7,10-11,21H,8-9,12H2,1H3,(H,20,26)(H,23,31). The highest BCUT2D eigenvalue weighted by molar-refractivity contribution is 7.89. The van der Waals surface area contributed by atoms with Crippen LogP contribution in [0.15, 0.2) is 53.4 Å². The van der Waals surface area contributed by atoms with E-state index >= 15 is 0 Å². The van der Waals surface area contributed by atoms with Crippen molar-refractivity contribution >= 4 is 33.8 Å². The third-order valence-electron chi connectivity index (χ3n) is 4.41. The van der Waals surface area contributed by atoms with E-state index in [0.717, 1.165) is 17.2 Å². The van der Waals surface area contributed by atoms with Crippen molar-refractivity contribution in [3.05, 3.63) is 69.0 Å². The molecule has 0 saturated heterocycles. The molecule has 0 unspecified atom stereocenters. The molecule has 0 aliphatic carbocycles. The van der Waals surface area contributed by atoms with E-state index in [1.807, 2.05) is 31.2 Å². The number of amides is 1. The Morgan fingerprint density at radius 3 is 2.69 bits per heavy atom. The first-order valence-corrected chi connectivity index (χ1v) is 11.3. The zero-order valence-corrected chi connectivity index (χ0v) is 18.6. The van der Waals surface area contributed by atoms with Gasteiger partial charge in [0.15, 0.2) is 10.6 Å². The Balaban J connectivity index is 1.58. The number of hydrogen-bond acceptors (Lipinski definition) is 7. The zero-order chi connectivity index (χ0) is 23.3. The van der Waals surface area contributed by atoms with Gasteiger partial charge < -0.3 is 5.32 Å². The van der Waals surface area contributed by atoms with Crippen molar-refractivity contribution in [1.29, 1.82) is 0 Å². The first-order valence-electron chi connectivity index (χ1n) is 9.40. The number of benzene rings is 2. The van der Waals surface area contributed by atoms with Crippen LogP contribution < -0.4 is 10.0 Å². The van der Waals surface area contributed by atoms with E-state index in [1.54, 1.807) is 4.57 Å². The topological polar surface area (TPSA) is 152 Å². The first kappa shape index (κ1) is 23.2. The molecule has 0 bridgehead atoms. The highest BCUT2D eigenvalue weighted by Gasteiger charge is 2.17. The molecule has 32 heavy (non-hydrogen) atoms. The largest absolute Gasteiger partial charge is 0.353 e. The van der Waals surface area contributed by atoms with Gasteiger partial charge in [0.1, 0.15) is 6.54 Å². The molecule has 1 aromatic heterocycles. The number of carbonyl (C=O) groups is 1. The van der Waals surface area contributed by atoms with Crippen molar-refractivity contribution < 1.29 is 18.1 Å². The quantitative estimate of drug-likeness (QED) is 0.185. The third-order valence-corrected chi connectivity index (χ3v) is 6.18. The molecule has 3 aromatic rings. The number of nitrogens with zero attached hydrogens (tertiary/aromatic N) is 3. The van der Waals surface area contributed by atoms with E-state index in [0.29, 0.717) is 5.82 Å². The second-order valence-electron chi connectivity index (χ2n) is 6.81. The molecule has 2 aromatic carbocycles. The minimum atomic E-state index is -3.96. The number of nitrogens with one attached hydrogen (secondary N) is 3. The molecule has 0 radical (unpaired) electrons. The van der Waals surface area contributed by atoms with Crippen molar-refractivity contribution in [3.63, 3.8) is 0 Å². The number of non-ortho nitro benzene ring substituents is 1. The molecule has 0 spiro atoms. The summed E-state index contributed by atoms with van der Waals surface area (Å²) in [7, 11) is -3.96. The summed E-state index contributed by atoms with van der Waals surface area (Å²) in [5, 5.41) is 20.3. The number of hydrogen-bond donors (Lipinski definition) is 3. The molecule has 11 nitrogen and oxygen atoms in total. The SMILES string of the molecule is Cc1cccc(-c2n[nH]c(=S)n2CC(=O)NCCNS(=O)(=O)c2cccc([N+](=O)[O-])c2)c1. The average molecular weight is 477 g/mol. The maximum atomic E-state index is 12.4. The van der Waals surface area contributed by atoms with Gasteiger partial charge >= 0.3 is 0 Å². The van der Waals surface area contributed by atoms with Crippen molar-refractivity contribution in [1.82, 2.24) is 24.8 Å². The van der Waals surface area contributed by atoms with E-state index in [9.17, 15) is 23.3 Å². The summed E-state index contributed by atoms with van der Waals surface area (Å²) >= 11 is 5.22. The predicted molar refractivity (Wildman–Crippen MR) is 119 cm³/mol. The Morgan fingerprint density at radius 2 is 1.97 bits per heavy atom. The van der Waals surface area contributed by atoms with Crippen molar-refractivity contribution in [3.8, 4) is 11.4 Å². The van der Waals surface area contributed by atoms with Gasteiger partial charge in [-0.25, -0.2) is 13.1 Å². The van der Waals surface area contributed by atoms with Gasteiger partial charge in [-0.15, -0.1) is 0 Å². The summed E-state index contributed by atoms with van der Waals surface area (Å²) in [4.78, 5) is 22.3. The normalized spacial score (nSPS) is 11.3. The number of aryl methyl sites for hydroxylation is 1. The van der Waals surface area contributed by atoms with Gasteiger partial charge in [0, 0.05) is 30.8 Å². The van der Waals surface area contributed by atoms with Crippen LogP contribution in [-0.2, 0) is 21.4 Å². The number of carbonyl (C=O) groups excluding carboxylic acids is 1. The highest BCUT2D eigenvalue weighted by Crippen LogP contribution is 2.19. The van der Waals surface area contributed by atoms with Gasteiger partial charge in [-0.3, -0.25) is 24.6 Å². The van der Waals surface area contributed by atoms with E-state index in [2.05, 4.69) is 20.2 Å². The van der Waals surface area contributed by atoms with Gasteiger partial charge in [-0.2, -0.15) is 5.10 Å². The smallest absolute Gasteiger partial charge is 0.270 e. The number of sulfonamides is 1. The Hall–Kier alpha value is -3.42. The summed E-state index contributed by atoms with van der Waals surface area (Å²) in [6.07, 6.45) is 0. The fourth-order valence-electron chi connectivity index (χ4n) is 2.90. The summed E-state index contributed by atoms with van der Waals surface area (Å²) in [6.45, 7) is 1.75. The maximum Gasteiger partial charge on any atom is 0.270 e. The third kappa shape index (κ3) is 5.63. The van der Waals surface area contributed by atoms with E-state index < -0.39 is 14.9 Å². The number of nitro benzene ring substituents is 1. The lowest BCUT2D eigenvalue weighted by Crippen LogP contribution is -2.36. The summed E-state index contributed by atoms with van der Waals surface area (Å²) in [6, 6.07) is 12.3. The number of nitro groups is 1.